The van der Waals surface area contributed by atoms with E-state index >= 15 is 0 Å². The normalized spacial score (nSPS) is 26.2. The lowest BCUT2D eigenvalue weighted by molar-refractivity contribution is 0.0625. The van der Waals surface area contributed by atoms with Gasteiger partial charge in [-0.3, -0.25) is 0 Å². The van der Waals surface area contributed by atoms with Gasteiger partial charge in [0.15, 0.2) is 0 Å². The summed E-state index contributed by atoms with van der Waals surface area (Å²) in [5.74, 6) is 0. The van der Waals surface area contributed by atoms with Crippen LogP contribution < -0.4 is 11.5 Å². The maximum Gasteiger partial charge on any atom is 0.0687 e. The van der Waals surface area contributed by atoms with E-state index in [1.54, 1.807) is 0 Å². The summed E-state index contributed by atoms with van der Waals surface area (Å²) in [6.07, 6.45) is 6.01. The lowest BCUT2D eigenvalue weighted by atomic mass is 10.2. The first-order chi connectivity index (χ1) is 7.24. The standard InChI is InChI=1S/C11H26N2OSi/c1-15(9-6-10(13)5-7-12)11-4-2-3-8-14-11/h10-11,15H,2-9,12-13H2,1H3. The van der Waals surface area contributed by atoms with Crippen molar-refractivity contribution in [3.63, 3.8) is 0 Å². The van der Waals surface area contributed by atoms with Crippen molar-refractivity contribution in [2.24, 2.45) is 11.5 Å². The Morgan fingerprint density at radius 2 is 2.20 bits per heavy atom. The van der Waals surface area contributed by atoms with Gasteiger partial charge >= 0.3 is 0 Å². The van der Waals surface area contributed by atoms with Gasteiger partial charge in [-0.25, -0.2) is 0 Å². The molecule has 4 N–H and O–H groups in total. The molecule has 0 aromatic heterocycles. The Kier molecular flexibility index (Phi) is 6.48. The van der Waals surface area contributed by atoms with Gasteiger partial charge in [0.05, 0.1) is 8.80 Å². The summed E-state index contributed by atoms with van der Waals surface area (Å²) in [5, 5.41) is 0. The largest absolute Gasteiger partial charge is 0.382 e. The molecule has 0 amide bonds. The molecule has 1 aliphatic heterocycles. The van der Waals surface area contributed by atoms with Gasteiger partial charge in [-0.2, -0.15) is 0 Å². The minimum absolute atomic E-state index is 0.313. The Balaban J connectivity index is 2.13. The van der Waals surface area contributed by atoms with E-state index < -0.39 is 8.80 Å². The number of hydrogen-bond donors (Lipinski definition) is 2. The van der Waals surface area contributed by atoms with Crippen molar-refractivity contribution in [1.82, 2.24) is 0 Å². The van der Waals surface area contributed by atoms with Crippen molar-refractivity contribution in [3.8, 4) is 0 Å². The van der Waals surface area contributed by atoms with Crippen molar-refractivity contribution in [1.29, 1.82) is 0 Å². The third-order valence-electron chi connectivity index (χ3n) is 3.38. The van der Waals surface area contributed by atoms with Gasteiger partial charge in [-0.15, -0.1) is 0 Å². The molecule has 15 heavy (non-hydrogen) atoms. The van der Waals surface area contributed by atoms with Crippen LogP contribution in [-0.4, -0.2) is 33.7 Å². The average molecular weight is 230 g/mol. The summed E-state index contributed by atoms with van der Waals surface area (Å²) >= 11 is 0. The van der Waals surface area contributed by atoms with Crippen LogP contribution in [0.3, 0.4) is 0 Å². The summed E-state index contributed by atoms with van der Waals surface area (Å²) in [4.78, 5) is 0. The summed E-state index contributed by atoms with van der Waals surface area (Å²) < 4.78 is 5.83. The Hall–Kier alpha value is 0.0969. The summed E-state index contributed by atoms with van der Waals surface area (Å²) in [5.41, 5.74) is 12.1. The first-order valence-corrected chi connectivity index (χ1v) is 8.95. The van der Waals surface area contributed by atoms with E-state index in [4.69, 9.17) is 16.2 Å². The molecule has 1 heterocycles. The predicted molar refractivity (Wildman–Crippen MR) is 67.7 cm³/mol. The first-order valence-electron chi connectivity index (χ1n) is 6.31. The van der Waals surface area contributed by atoms with Gasteiger partial charge in [0.2, 0.25) is 0 Å². The predicted octanol–water partition coefficient (Wildman–Crippen LogP) is 1.02. The zero-order valence-electron chi connectivity index (χ0n) is 9.95. The van der Waals surface area contributed by atoms with Crippen LogP contribution in [0.4, 0.5) is 0 Å². The average Bonchev–Trinajstić information content (AvgIpc) is 2.27. The van der Waals surface area contributed by atoms with E-state index in [-0.39, 0.29) is 0 Å². The third-order valence-corrected chi connectivity index (χ3v) is 6.42. The van der Waals surface area contributed by atoms with E-state index in [1.807, 2.05) is 0 Å². The quantitative estimate of drug-likeness (QED) is 0.670. The molecule has 0 spiro atoms. The van der Waals surface area contributed by atoms with Crippen molar-refractivity contribution in [2.75, 3.05) is 13.2 Å². The minimum atomic E-state index is -0.708. The van der Waals surface area contributed by atoms with Crippen LogP contribution in [0.15, 0.2) is 0 Å². The van der Waals surface area contributed by atoms with Crippen molar-refractivity contribution in [2.45, 2.75) is 56.5 Å². The lowest BCUT2D eigenvalue weighted by Gasteiger charge is -2.27. The monoisotopic (exact) mass is 230 g/mol. The van der Waals surface area contributed by atoms with Crippen LogP contribution in [0.1, 0.15) is 32.1 Å². The zero-order valence-corrected chi connectivity index (χ0v) is 11.1. The second-order valence-electron chi connectivity index (χ2n) is 4.80. The fourth-order valence-electron chi connectivity index (χ4n) is 2.24. The topological polar surface area (TPSA) is 61.3 Å². The van der Waals surface area contributed by atoms with Crippen LogP contribution >= 0.6 is 0 Å². The number of nitrogens with two attached hydrogens (primary N) is 2. The van der Waals surface area contributed by atoms with Crippen LogP contribution in [0, 0.1) is 0 Å². The first kappa shape index (κ1) is 13.2. The molecule has 0 saturated carbocycles. The molecule has 90 valence electrons. The molecule has 3 nitrogen and oxygen atoms in total. The molecule has 0 aliphatic carbocycles. The highest BCUT2D eigenvalue weighted by Gasteiger charge is 2.22. The number of ether oxygens (including phenoxy) is 1. The molecular formula is C11H26N2OSi. The zero-order chi connectivity index (χ0) is 11.1. The molecule has 0 aromatic rings. The number of hydrogen-bond acceptors (Lipinski definition) is 3. The Morgan fingerprint density at radius 1 is 1.40 bits per heavy atom. The fourth-order valence-corrected chi connectivity index (χ4v) is 4.83. The van der Waals surface area contributed by atoms with Crippen molar-refractivity contribution in [3.05, 3.63) is 0 Å². The molecule has 0 radical (unpaired) electrons. The highest BCUT2D eigenvalue weighted by Crippen LogP contribution is 2.18. The Labute approximate surface area is 95.2 Å². The van der Waals surface area contributed by atoms with E-state index in [0.717, 1.165) is 26.0 Å². The van der Waals surface area contributed by atoms with E-state index in [9.17, 15) is 0 Å². The summed E-state index contributed by atoms with van der Waals surface area (Å²) in [6, 6.07) is 1.62. The van der Waals surface area contributed by atoms with Gasteiger partial charge < -0.3 is 16.2 Å². The molecule has 0 aromatic carbocycles. The van der Waals surface area contributed by atoms with Gasteiger partial charge in [-0.05, 0) is 38.6 Å². The maximum absolute atomic E-state index is 5.96. The van der Waals surface area contributed by atoms with E-state index in [1.165, 1.54) is 25.3 Å². The molecular weight excluding hydrogens is 204 g/mol. The second-order valence-corrected chi connectivity index (χ2v) is 8.07. The molecule has 3 atom stereocenters. The Morgan fingerprint density at radius 3 is 2.80 bits per heavy atom. The second kappa shape index (κ2) is 7.38. The van der Waals surface area contributed by atoms with Gasteiger partial charge in [-0.1, -0.05) is 12.6 Å². The summed E-state index contributed by atoms with van der Waals surface area (Å²) in [7, 11) is -0.708. The van der Waals surface area contributed by atoms with Gasteiger partial charge in [0, 0.05) is 18.4 Å². The van der Waals surface area contributed by atoms with E-state index in [2.05, 4.69) is 6.55 Å². The molecule has 1 rings (SSSR count). The smallest absolute Gasteiger partial charge is 0.0687 e. The lowest BCUT2D eigenvalue weighted by Crippen LogP contribution is -2.35. The number of rotatable bonds is 6. The molecule has 1 aliphatic rings. The molecule has 1 saturated heterocycles. The van der Waals surface area contributed by atoms with E-state index in [0.29, 0.717) is 11.8 Å². The fraction of sp³-hybridized carbons (Fsp3) is 1.00. The van der Waals surface area contributed by atoms with Crippen LogP contribution in [0.5, 0.6) is 0 Å². The molecule has 3 unspecified atom stereocenters. The minimum Gasteiger partial charge on any atom is -0.382 e. The van der Waals surface area contributed by atoms with Crippen LogP contribution in [0.25, 0.3) is 0 Å². The molecule has 4 heteroatoms. The van der Waals surface area contributed by atoms with Crippen molar-refractivity contribution >= 4 is 8.80 Å². The van der Waals surface area contributed by atoms with Crippen molar-refractivity contribution < 1.29 is 4.74 Å². The SMILES string of the molecule is C[SiH](CCC(N)CCN)C1CCCCO1. The third kappa shape index (κ3) is 5.11. The molecule has 0 bridgehead atoms. The Bertz CT molecular complexity index is 163. The highest BCUT2D eigenvalue weighted by atomic mass is 28.3. The molecule has 1 fully saturated rings. The summed E-state index contributed by atoms with van der Waals surface area (Å²) in [6.45, 7) is 4.12. The van der Waals surface area contributed by atoms with Crippen LogP contribution in [0.2, 0.25) is 12.6 Å². The van der Waals surface area contributed by atoms with Gasteiger partial charge in [0.25, 0.3) is 0 Å². The van der Waals surface area contributed by atoms with Crippen LogP contribution in [-0.2, 0) is 4.74 Å². The maximum atomic E-state index is 5.96. The van der Waals surface area contributed by atoms with Gasteiger partial charge in [0.1, 0.15) is 0 Å². The highest BCUT2D eigenvalue weighted by molar-refractivity contribution is 6.58.